The van der Waals surface area contributed by atoms with E-state index in [2.05, 4.69) is 23.7 Å². The lowest BCUT2D eigenvalue weighted by molar-refractivity contribution is 0.824. The Morgan fingerprint density at radius 2 is 0.758 bits per heavy atom. The molecule has 1 heteroatoms. The molecule has 0 heterocycles. The van der Waals surface area contributed by atoms with E-state index in [1.165, 1.54) is 0 Å². The molecule has 1 nitrogen and oxygen atoms in total. The van der Waals surface area contributed by atoms with Crippen molar-refractivity contribution in [1.29, 1.82) is 0 Å². The molecular weight excluding hydrogens is 400 g/mol. The molecule has 0 fully saturated rings. The van der Waals surface area contributed by atoms with Crippen molar-refractivity contribution in [3.8, 4) is 71.6 Å². The summed E-state index contributed by atoms with van der Waals surface area (Å²) in [6.07, 6.45) is 21.9. The lowest BCUT2D eigenvalue weighted by Gasteiger charge is -2.06. The molecule has 0 radical (unpaired) electrons. The maximum absolute atomic E-state index is 5.52. The van der Waals surface area contributed by atoms with Gasteiger partial charge in [-0.1, -0.05) is 109 Å². The van der Waals surface area contributed by atoms with Gasteiger partial charge in [-0.3, -0.25) is 0 Å². The minimum Gasteiger partial charge on any atom is -0.412 e. The van der Waals surface area contributed by atoms with Gasteiger partial charge in [-0.25, -0.2) is 0 Å². The molecule has 0 atom stereocenters. The quantitative estimate of drug-likeness (QED) is 0.365. The van der Waals surface area contributed by atoms with Crippen molar-refractivity contribution in [1.82, 2.24) is 0 Å². The maximum atomic E-state index is 5.52. The molecule has 0 aromatic heterocycles. The van der Waals surface area contributed by atoms with Gasteiger partial charge in [-0.2, -0.15) is 0 Å². The van der Waals surface area contributed by atoms with Crippen molar-refractivity contribution in [2.24, 2.45) is 0 Å². The van der Waals surface area contributed by atoms with Gasteiger partial charge in [0, 0.05) is 22.3 Å². The molecule has 0 aliphatic rings. The summed E-state index contributed by atoms with van der Waals surface area (Å²) < 4.78 is 0. The smallest absolute Gasteiger partial charge is 0.0477 e. The molecule has 4 rings (SSSR count). The topological polar surface area (TPSA) is 31.5 Å². The largest absolute Gasteiger partial charge is 0.412 e. The summed E-state index contributed by atoms with van der Waals surface area (Å²) in [6, 6.07) is 31.6. The van der Waals surface area contributed by atoms with Crippen LogP contribution < -0.4 is 0 Å². The fourth-order valence-electron chi connectivity index (χ4n) is 3.37. The van der Waals surface area contributed by atoms with Crippen LogP contribution in [0.25, 0.3) is 22.3 Å². The van der Waals surface area contributed by atoms with Gasteiger partial charge < -0.3 is 5.48 Å². The summed E-state index contributed by atoms with van der Waals surface area (Å²) in [6.45, 7) is 0. The lowest BCUT2D eigenvalue weighted by Crippen LogP contribution is -1.88. The first-order chi connectivity index (χ1) is 15.7. The molecule has 4 aromatic rings. The van der Waals surface area contributed by atoms with Gasteiger partial charge in [-0.05, 0) is 34.4 Å². The Morgan fingerprint density at radius 1 is 0.394 bits per heavy atom. The van der Waals surface area contributed by atoms with Crippen LogP contribution in [-0.4, -0.2) is 5.48 Å². The summed E-state index contributed by atoms with van der Waals surface area (Å²) >= 11 is 0. The number of hydrogen-bond acceptors (Lipinski definition) is 0. The van der Waals surface area contributed by atoms with Crippen LogP contribution in [0.5, 0.6) is 0 Å². The highest BCUT2D eigenvalue weighted by Crippen LogP contribution is 2.26. The van der Waals surface area contributed by atoms with E-state index in [0.29, 0.717) is 0 Å². The Morgan fingerprint density at radius 3 is 1.06 bits per heavy atom. The van der Waals surface area contributed by atoms with Crippen molar-refractivity contribution < 1.29 is 5.48 Å². The van der Waals surface area contributed by atoms with E-state index in [-0.39, 0.29) is 5.48 Å². The second-order valence-electron chi connectivity index (χ2n) is 6.77. The highest BCUT2D eigenvalue weighted by molar-refractivity contribution is 5.75. The van der Waals surface area contributed by atoms with Crippen LogP contribution in [0.4, 0.5) is 0 Å². The third kappa shape index (κ3) is 5.61. The van der Waals surface area contributed by atoms with Crippen LogP contribution >= 0.6 is 0 Å². The fourth-order valence-corrected chi connectivity index (χ4v) is 3.37. The van der Waals surface area contributed by atoms with Crippen LogP contribution in [0.2, 0.25) is 0 Å². The minimum atomic E-state index is 0. The Bertz CT molecular complexity index is 1270. The van der Waals surface area contributed by atoms with Gasteiger partial charge in [-0.15, -0.1) is 25.7 Å². The third-order valence-electron chi connectivity index (χ3n) is 4.90. The standard InChI is InChI=1S/2C16H10.H2O/c2*1-3-13-11-8-12-16(15(13)4-2)14-9-6-5-7-10-14;/h2*1-2,5-12H;1H2. The Balaban J connectivity index is 0.000000227. The Hall–Kier alpha value is -4.92. The lowest BCUT2D eigenvalue weighted by atomic mass is 9.96. The first kappa shape index (κ1) is 24.4. The van der Waals surface area contributed by atoms with Crippen molar-refractivity contribution in [2.75, 3.05) is 0 Å². The van der Waals surface area contributed by atoms with Crippen molar-refractivity contribution in [2.45, 2.75) is 0 Å². The Kier molecular flexibility index (Phi) is 8.90. The van der Waals surface area contributed by atoms with Crippen LogP contribution in [-0.2, 0) is 0 Å². The molecule has 0 saturated carbocycles. The molecule has 33 heavy (non-hydrogen) atoms. The van der Waals surface area contributed by atoms with Crippen LogP contribution in [0.3, 0.4) is 0 Å². The van der Waals surface area contributed by atoms with Crippen LogP contribution in [0.15, 0.2) is 97.1 Å². The number of terminal acetylenes is 4. The summed E-state index contributed by atoms with van der Waals surface area (Å²) in [5.74, 6) is 10.6. The van der Waals surface area contributed by atoms with Crippen LogP contribution in [0, 0.1) is 49.4 Å². The van der Waals surface area contributed by atoms with E-state index >= 15 is 0 Å². The van der Waals surface area contributed by atoms with Gasteiger partial charge in [0.1, 0.15) is 0 Å². The second-order valence-corrected chi connectivity index (χ2v) is 6.77. The predicted octanol–water partition coefficient (Wildman–Crippen LogP) is 5.81. The summed E-state index contributed by atoms with van der Waals surface area (Å²) in [4.78, 5) is 0. The van der Waals surface area contributed by atoms with Gasteiger partial charge in [0.05, 0.1) is 0 Å². The van der Waals surface area contributed by atoms with Crippen molar-refractivity contribution in [3.05, 3.63) is 119 Å². The highest BCUT2D eigenvalue weighted by Gasteiger charge is 2.06. The molecule has 0 aliphatic carbocycles. The summed E-state index contributed by atoms with van der Waals surface area (Å²) in [5.41, 5.74) is 7.32. The molecule has 0 saturated heterocycles. The van der Waals surface area contributed by atoms with Gasteiger partial charge in [0.2, 0.25) is 0 Å². The molecule has 156 valence electrons. The third-order valence-corrected chi connectivity index (χ3v) is 4.90. The number of hydrogen-bond donors (Lipinski definition) is 0. The predicted molar refractivity (Wildman–Crippen MR) is 139 cm³/mol. The molecular formula is C32H22O. The zero-order valence-corrected chi connectivity index (χ0v) is 18.0. The molecule has 2 N–H and O–H groups in total. The highest BCUT2D eigenvalue weighted by atomic mass is 16.0. The maximum Gasteiger partial charge on any atom is 0.0477 e. The second kappa shape index (κ2) is 12.1. The van der Waals surface area contributed by atoms with E-state index in [0.717, 1.165) is 44.5 Å². The average molecular weight is 423 g/mol. The zero-order chi connectivity index (χ0) is 22.8. The van der Waals surface area contributed by atoms with E-state index in [1.54, 1.807) is 0 Å². The van der Waals surface area contributed by atoms with Crippen molar-refractivity contribution in [3.63, 3.8) is 0 Å². The Labute approximate surface area is 196 Å². The molecule has 0 bridgehead atoms. The molecule has 4 aromatic carbocycles. The summed E-state index contributed by atoms with van der Waals surface area (Å²) in [7, 11) is 0. The molecule has 0 spiro atoms. The number of benzene rings is 4. The van der Waals surface area contributed by atoms with E-state index in [4.69, 9.17) is 25.7 Å². The minimum absolute atomic E-state index is 0. The van der Waals surface area contributed by atoms with Gasteiger partial charge in [0.25, 0.3) is 0 Å². The number of rotatable bonds is 2. The van der Waals surface area contributed by atoms with E-state index in [1.807, 2.05) is 97.1 Å². The molecule has 0 unspecified atom stereocenters. The van der Waals surface area contributed by atoms with Crippen LogP contribution in [0.1, 0.15) is 22.3 Å². The SMILES string of the molecule is C#Cc1cccc(-c2ccccc2)c1C#C.C#Cc1cccc(-c2ccccc2)c1C#C.O. The fraction of sp³-hybridized carbons (Fsp3) is 0. The van der Waals surface area contributed by atoms with Gasteiger partial charge >= 0.3 is 0 Å². The first-order valence-corrected chi connectivity index (χ1v) is 9.96. The summed E-state index contributed by atoms with van der Waals surface area (Å²) in [5, 5.41) is 0. The van der Waals surface area contributed by atoms with E-state index in [9.17, 15) is 0 Å². The monoisotopic (exact) mass is 422 g/mol. The molecule has 0 aliphatic heterocycles. The van der Waals surface area contributed by atoms with Gasteiger partial charge in [0.15, 0.2) is 0 Å². The first-order valence-electron chi connectivity index (χ1n) is 9.96. The zero-order valence-electron chi connectivity index (χ0n) is 18.0. The van der Waals surface area contributed by atoms with E-state index < -0.39 is 0 Å². The average Bonchev–Trinajstić information content (AvgIpc) is 2.88. The molecule has 0 amide bonds. The normalized spacial score (nSPS) is 8.85. The van der Waals surface area contributed by atoms with Crippen molar-refractivity contribution >= 4 is 0 Å².